The first kappa shape index (κ1) is 26.6. The Balaban J connectivity index is 1.48. The molecule has 1 aromatic carbocycles. The molecule has 3 heterocycles. The summed E-state index contributed by atoms with van der Waals surface area (Å²) in [6.07, 6.45) is 5.20. The Bertz CT molecular complexity index is 1300. The number of methoxy groups -OCH3 is 1. The van der Waals surface area contributed by atoms with Crippen LogP contribution >= 0.6 is 11.6 Å². The van der Waals surface area contributed by atoms with Crippen molar-refractivity contribution in [2.75, 3.05) is 36.7 Å². The van der Waals surface area contributed by atoms with Crippen LogP contribution in [0.2, 0.25) is 5.02 Å². The number of hydrogen-bond acceptors (Lipinski definition) is 7. The topological polar surface area (TPSA) is 126 Å². The minimum Gasteiger partial charge on any atom is -0.495 e. The van der Waals surface area contributed by atoms with Crippen LogP contribution in [-0.4, -0.2) is 56.9 Å². The van der Waals surface area contributed by atoms with Gasteiger partial charge in [0.1, 0.15) is 5.75 Å². The number of rotatable bonds is 8. The van der Waals surface area contributed by atoms with Gasteiger partial charge in [-0.1, -0.05) is 11.6 Å². The molecule has 37 heavy (non-hydrogen) atoms. The van der Waals surface area contributed by atoms with Gasteiger partial charge in [0, 0.05) is 41.5 Å². The molecule has 4 rings (SSSR count). The third kappa shape index (κ3) is 7.54. The molecule has 1 aliphatic heterocycles. The summed E-state index contributed by atoms with van der Waals surface area (Å²) in [5.41, 5.74) is 3.02. The molecule has 0 unspecified atom stereocenters. The SMILES string of the molecule is COc1ccc([C@@H]2CN(c3ccc(CNS(C)(=O)=O)nc3)CC[C@H]2NC(=O)Nc2ccc(Cl)cc2)nc1. The van der Waals surface area contributed by atoms with Gasteiger partial charge in [0.05, 0.1) is 43.7 Å². The molecule has 3 aromatic rings. The molecule has 0 bridgehead atoms. The van der Waals surface area contributed by atoms with Gasteiger partial charge in [0.2, 0.25) is 10.0 Å². The van der Waals surface area contributed by atoms with Crippen LogP contribution in [0.3, 0.4) is 0 Å². The van der Waals surface area contributed by atoms with E-state index in [4.69, 9.17) is 16.3 Å². The Labute approximate surface area is 221 Å². The highest BCUT2D eigenvalue weighted by atomic mass is 35.5. The van der Waals surface area contributed by atoms with Gasteiger partial charge in [-0.05, 0) is 55.0 Å². The number of urea groups is 1. The highest BCUT2D eigenvalue weighted by Crippen LogP contribution is 2.30. The van der Waals surface area contributed by atoms with E-state index in [2.05, 4.69) is 30.2 Å². The molecule has 0 aliphatic carbocycles. The molecule has 12 heteroatoms. The highest BCUT2D eigenvalue weighted by molar-refractivity contribution is 7.88. The second-order valence-electron chi connectivity index (χ2n) is 8.78. The fourth-order valence-corrected chi connectivity index (χ4v) is 4.71. The number of nitrogens with zero attached hydrogens (tertiary/aromatic N) is 3. The number of sulfonamides is 1. The molecule has 0 radical (unpaired) electrons. The van der Waals surface area contributed by atoms with Gasteiger partial charge in [-0.15, -0.1) is 0 Å². The molecule has 196 valence electrons. The van der Waals surface area contributed by atoms with E-state index >= 15 is 0 Å². The maximum absolute atomic E-state index is 12.8. The van der Waals surface area contributed by atoms with E-state index in [1.165, 1.54) is 0 Å². The van der Waals surface area contributed by atoms with Crippen LogP contribution in [0.4, 0.5) is 16.2 Å². The van der Waals surface area contributed by atoms with Gasteiger partial charge in [-0.25, -0.2) is 17.9 Å². The molecule has 0 spiro atoms. The Morgan fingerprint density at radius 1 is 1.11 bits per heavy atom. The first-order valence-electron chi connectivity index (χ1n) is 11.7. The fraction of sp³-hybridized carbons (Fsp3) is 0.320. The summed E-state index contributed by atoms with van der Waals surface area (Å²) >= 11 is 5.94. The summed E-state index contributed by atoms with van der Waals surface area (Å²) in [4.78, 5) is 24.0. The predicted octanol–water partition coefficient (Wildman–Crippen LogP) is 3.37. The van der Waals surface area contributed by atoms with E-state index in [0.717, 1.165) is 17.6 Å². The number of carbonyl (C=O) groups excluding carboxylic acids is 1. The summed E-state index contributed by atoms with van der Waals surface area (Å²) in [6.45, 7) is 1.43. The summed E-state index contributed by atoms with van der Waals surface area (Å²) < 4.78 is 30.4. The van der Waals surface area contributed by atoms with Gasteiger partial charge >= 0.3 is 6.03 Å². The van der Waals surface area contributed by atoms with Crippen LogP contribution in [-0.2, 0) is 16.6 Å². The van der Waals surface area contributed by atoms with Gasteiger partial charge in [-0.2, -0.15) is 0 Å². The Kier molecular flexibility index (Phi) is 8.47. The van der Waals surface area contributed by atoms with Crippen LogP contribution in [0.5, 0.6) is 5.75 Å². The van der Waals surface area contributed by atoms with E-state index in [-0.39, 0.29) is 24.5 Å². The van der Waals surface area contributed by atoms with E-state index in [9.17, 15) is 13.2 Å². The minimum atomic E-state index is -3.30. The van der Waals surface area contributed by atoms with Crippen LogP contribution in [0.1, 0.15) is 23.7 Å². The zero-order valence-electron chi connectivity index (χ0n) is 20.5. The van der Waals surface area contributed by atoms with Crippen molar-refractivity contribution in [3.8, 4) is 5.75 Å². The molecule has 2 amide bonds. The maximum Gasteiger partial charge on any atom is 0.319 e. The standard InChI is InChI=1S/C25H29ClN6O4S/c1-36-21-9-10-23(28-15-21)22-16-32(20-8-7-19(27-14-20)13-29-37(2,34)35)12-11-24(22)31-25(33)30-18-5-3-17(26)4-6-18/h3-10,14-15,22,24,29H,11-13,16H2,1-2H3,(H2,30,31,33)/t22-,24+/m0/s1. The number of piperidine rings is 1. The Morgan fingerprint density at radius 3 is 2.51 bits per heavy atom. The smallest absolute Gasteiger partial charge is 0.319 e. The van der Waals surface area contributed by atoms with Crippen molar-refractivity contribution >= 4 is 39.0 Å². The zero-order chi connectivity index (χ0) is 26.4. The molecule has 1 fully saturated rings. The summed E-state index contributed by atoms with van der Waals surface area (Å²) in [5.74, 6) is 0.561. The van der Waals surface area contributed by atoms with Crippen LogP contribution < -0.4 is 25.0 Å². The van der Waals surface area contributed by atoms with Crippen molar-refractivity contribution in [1.82, 2.24) is 20.0 Å². The Hall–Kier alpha value is -3.41. The van der Waals surface area contributed by atoms with Crippen molar-refractivity contribution < 1.29 is 17.9 Å². The van der Waals surface area contributed by atoms with Crippen molar-refractivity contribution in [3.05, 3.63) is 77.3 Å². The number of anilines is 2. The van der Waals surface area contributed by atoms with Crippen molar-refractivity contribution in [2.24, 2.45) is 0 Å². The number of aromatic nitrogens is 2. The molecular formula is C25H29ClN6O4S. The molecule has 0 saturated carbocycles. The Morgan fingerprint density at radius 2 is 1.89 bits per heavy atom. The molecule has 2 atom stereocenters. The lowest BCUT2D eigenvalue weighted by molar-refractivity contribution is 0.243. The third-order valence-corrected chi connectivity index (χ3v) is 7.02. The predicted molar refractivity (Wildman–Crippen MR) is 144 cm³/mol. The molecule has 1 saturated heterocycles. The van der Waals surface area contributed by atoms with Gasteiger partial charge < -0.3 is 20.3 Å². The van der Waals surface area contributed by atoms with E-state index < -0.39 is 10.0 Å². The summed E-state index contributed by atoms with van der Waals surface area (Å²) in [6, 6.07) is 14.0. The number of carbonyl (C=O) groups is 1. The van der Waals surface area contributed by atoms with Crippen LogP contribution in [0, 0.1) is 0 Å². The normalized spacial score (nSPS) is 17.8. The molecule has 3 N–H and O–H groups in total. The first-order valence-corrected chi connectivity index (χ1v) is 13.9. The third-order valence-electron chi connectivity index (χ3n) is 6.10. The molecule has 1 aliphatic rings. The van der Waals surface area contributed by atoms with Crippen molar-refractivity contribution in [1.29, 1.82) is 0 Å². The highest BCUT2D eigenvalue weighted by Gasteiger charge is 2.33. The number of halogens is 1. The summed E-state index contributed by atoms with van der Waals surface area (Å²) in [7, 11) is -1.71. The number of hydrogen-bond donors (Lipinski definition) is 3. The van der Waals surface area contributed by atoms with E-state index in [0.29, 0.717) is 41.7 Å². The lowest BCUT2D eigenvalue weighted by Crippen LogP contribution is -2.51. The van der Waals surface area contributed by atoms with E-state index in [1.807, 2.05) is 18.2 Å². The lowest BCUT2D eigenvalue weighted by atomic mass is 9.88. The average molecular weight is 545 g/mol. The van der Waals surface area contributed by atoms with Gasteiger partial charge in [0.15, 0.2) is 0 Å². The minimum absolute atomic E-state index is 0.0952. The number of benzene rings is 1. The molecular weight excluding hydrogens is 516 g/mol. The van der Waals surface area contributed by atoms with Crippen LogP contribution in [0.15, 0.2) is 60.9 Å². The fourth-order valence-electron chi connectivity index (χ4n) is 4.17. The largest absolute Gasteiger partial charge is 0.495 e. The maximum atomic E-state index is 12.8. The monoisotopic (exact) mass is 544 g/mol. The number of pyridine rings is 2. The van der Waals surface area contributed by atoms with Crippen LogP contribution in [0.25, 0.3) is 0 Å². The molecule has 2 aromatic heterocycles. The number of ether oxygens (including phenoxy) is 1. The van der Waals surface area contributed by atoms with Crippen molar-refractivity contribution in [3.63, 3.8) is 0 Å². The number of amides is 2. The average Bonchev–Trinajstić information content (AvgIpc) is 2.89. The second kappa shape index (κ2) is 11.8. The number of nitrogens with one attached hydrogen (secondary N) is 3. The zero-order valence-corrected chi connectivity index (χ0v) is 22.1. The van der Waals surface area contributed by atoms with E-state index in [1.54, 1.807) is 49.8 Å². The second-order valence-corrected chi connectivity index (χ2v) is 11.0. The van der Waals surface area contributed by atoms with Crippen molar-refractivity contribution in [2.45, 2.75) is 24.9 Å². The molecule has 10 nitrogen and oxygen atoms in total. The van der Waals surface area contributed by atoms with Gasteiger partial charge in [-0.3, -0.25) is 9.97 Å². The quantitative estimate of drug-likeness (QED) is 0.397. The lowest BCUT2D eigenvalue weighted by Gasteiger charge is -2.39. The van der Waals surface area contributed by atoms with Gasteiger partial charge in [0.25, 0.3) is 0 Å². The first-order chi connectivity index (χ1) is 17.7. The summed E-state index contributed by atoms with van der Waals surface area (Å²) in [5, 5.41) is 6.56.